The number of hydrogen-bond donors (Lipinski definition) is 3. The highest BCUT2D eigenvalue weighted by molar-refractivity contribution is 7.44. The Morgan fingerprint density at radius 2 is 1.74 bits per heavy atom. The van der Waals surface area contributed by atoms with Crippen molar-refractivity contribution in [3.05, 3.63) is 57.8 Å². The minimum atomic E-state index is -0.179. The van der Waals surface area contributed by atoms with Crippen molar-refractivity contribution in [1.82, 2.24) is 0 Å². The minimum Gasteiger partial charge on any atom is -0.409 e. The maximum Gasteiger partial charge on any atom is 0.197 e. The molecule has 0 spiro atoms. The SMILES string of the molecule is CC(C)C.N/C(=N\O)c1csc(C(N)c2ccccc2)c1.O=S. The van der Waals surface area contributed by atoms with Gasteiger partial charge in [0, 0.05) is 15.8 Å². The van der Waals surface area contributed by atoms with E-state index in [4.69, 9.17) is 20.9 Å². The zero-order chi connectivity index (χ0) is 17.8. The van der Waals surface area contributed by atoms with Crippen molar-refractivity contribution in [2.75, 3.05) is 0 Å². The summed E-state index contributed by atoms with van der Waals surface area (Å²) in [6, 6.07) is 11.5. The second-order valence-electron chi connectivity index (χ2n) is 5.34. The number of benzene rings is 1. The molecule has 1 unspecified atom stereocenters. The Morgan fingerprint density at radius 1 is 1.22 bits per heavy atom. The zero-order valence-electron chi connectivity index (χ0n) is 13.5. The van der Waals surface area contributed by atoms with E-state index in [9.17, 15) is 0 Å². The highest BCUT2D eigenvalue weighted by atomic mass is 32.1. The van der Waals surface area contributed by atoms with E-state index in [1.165, 1.54) is 11.3 Å². The first-order valence-corrected chi connectivity index (χ1v) is 8.20. The lowest BCUT2D eigenvalue weighted by Gasteiger charge is -2.09. The van der Waals surface area contributed by atoms with Gasteiger partial charge in [-0.05, 0) is 17.5 Å². The first-order chi connectivity index (χ1) is 11.0. The molecule has 0 saturated heterocycles. The molecule has 0 aliphatic rings. The van der Waals surface area contributed by atoms with Crippen LogP contribution in [0.25, 0.3) is 0 Å². The monoisotopic (exact) mass is 353 g/mol. The Kier molecular flexibility index (Phi) is 10.8. The van der Waals surface area contributed by atoms with Gasteiger partial charge in [0.25, 0.3) is 0 Å². The Balaban J connectivity index is 0.000000705. The summed E-state index contributed by atoms with van der Waals surface area (Å²) in [5.41, 5.74) is 13.4. The van der Waals surface area contributed by atoms with Gasteiger partial charge in [0.2, 0.25) is 0 Å². The molecule has 23 heavy (non-hydrogen) atoms. The summed E-state index contributed by atoms with van der Waals surface area (Å²) in [5.74, 6) is 0.938. The van der Waals surface area contributed by atoms with Crippen molar-refractivity contribution in [1.29, 1.82) is 0 Å². The Labute approximate surface area is 146 Å². The summed E-state index contributed by atoms with van der Waals surface area (Å²) in [7, 11) is 0. The number of amidine groups is 1. The van der Waals surface area contributed by atoms with Crippen molar-refractivity contribution < 1.29 is 9.42 Å². The maximum atomic E-state index is 8.59. The van der Waals surface area contributed by atoms with Gasteiger partial charge in [0.05, 0.1) is 6.04 Å². The summed E-state index contributed by atoms with van der Waals surface area (Å²) in [5, 5.41) is 13.4. The van der Waals surface area contributed by atoms with Crippen LogP contribution < -0.4 is 11.5 Å². The minimum absolute atomic E-state index is 0.104. The molecule has 0 saturated carbocycles. The molecule has 0 aliphatic heterocycles. The van der Waals surface area contributed by atoms with Crippen LogP contribution in [-0.4, -0.2) is 15.3 Å². The molecule has 0 radical (unpaired) electrons. The lowest BCUT2D eigenvalue weighted by molar-refractivity contribution is 0.318. The van der Waals surface area contributed by atoms with Crippen molar-refractivity contribution in [2.24, 2.45) is 22.5 Å². The van der Waals surface area contributed by atoms with Crippen molar-refractivity contribution in [2.45, 2.75) is 26.8 Å². The molecule has 0 aliphatic carbocycles. The van der Waals surface area contributed by atoms with Crippen LogP contribution in [0.2, 0.25) is 0 Å². The maximum absolute atomic E-state index is 8.59. The van der Waals surface area contributed by atoms with E-state index >= 15 is 0 Å². The summed E-state index contributed by atoms with van der Waals surface area (Å²) >= 11 is 4.33. The quantitative estimate of drug-likeness (QED) is 0.340. The van der Waals surface area contributed by atoms with Gasteiger partial charge in [-0.25, -0.2) is 0 Å². The molecule has 1 aromatic heterocycles. The molecule has 7 heteroatoms. The number of oxime groups is 1. The fraction of sp³-hybridized carbons (Fsp3) is 0.312. The molecular formula is C16H23N3O2S2. The molecule has 1 aromatic carbocycles. The van der Waals surface area contributed by atoms with Crippen molar-refractivity contribution >= 4 is 29.7 Å². The van der Waals surface area contributed by atoms with Gasteiger partial charge < -0.3 is 16.7 Å². The van der Waals surface area contributed by atoms with E-state index in [0.717, 1.165) is 16.4 Å². The number of rotatable bonds is 3. The van der Waals surface area contributed by atoms with E-state index in [1.54, 1.807) is 0 Å². The van der Waals surface area contributed by atoms with Crippen LogP contribution in [0, 0.1) is 5.92 Å². The average Bonchev–Trinajstić information content (AvgIpc) is 3.05. The van der Waals surface area contributed by atoms with Crippen molar-refractivity contribution in [3.8, 4) is 0 Å². The average molecular weight is 354 g/mol. The standard InChI is InChI=1S/C12H13N3OS.C4H10.OS/c13-11(8-4-2-1-3-5-8)10-6-9(7-17-10)12(14)15-16;1-4(2)3;1-2/h1-7,11,16H,13H2,(H2,14,15);4H,1-3H3;. The third-order valence-corrected chi connectivity index (χ3v) is 3.50. The molecule has 0 fully saturated rings. The van der Waals surface area contributed by atoms with E-state index in [-0.39, 0.29) is 11.9 Å². The molecule has 1 heterocycles. The predicted octanol–water partition coefficient (Wildman–Crippen LogP) is 3.22. The second-order valence-corrected chi connectivity index (χ2v) is 6.29. The third kappa shape index (κ3) is 7.83. The number of hydrogen-bond acceptors (Lipinski definition) is 6. The lowest BCUT2D eigenvalue weighted by Crippen LogP contribution is -2.13. The zero-order valence-corrected chi connectivity index (χ0v) is 15.1. The fourth-order valence-corrected chi connectivity index (χ4v) is 2.46. The summed E-state index contributed by atoms with van der Waals surface area (Å²) < 4.78 is 7.83. The van der Waals surface area contributed by atoms with Gasteiger partial charge in [-0.1, -0.05) is 56.3 Å². The third-order valence-electron chi connectivity index (χ3n) is 2.49. The first-order valence-electron chi connectivity index (χ1n) is 6.99. The normalized spacial score (nSPS) is 11.8. The van der Waals surface area contributed by atoms with E-state index < -0.39 is 0 Å². The smallest absolute Gasteiger partial charge is 0.197 e. The van der Waals surface area contributed by atoms with Gasteiger partial charge >= 0.3 is 0 Å². The van der Waals surface area contributed by atoms with Crippen LogP contribution in [-0.2, 0) is 12.5 Å². The van der Waals surface area contributed by atoms with E-state index in [1.807, 2.05) is 41.8 Å². The van der Waals surface area contributed by atoms with E-state index in [0.29, 0.717) is 5.56 Å². The van der Waals surface area contributed by atoms with Gasteiger partial charge in [0.15, 0.2) is 18.4 Å². The van der Waals surface area contributed by atoms with Gasteiger partial charge in [0.1, 0.15) is 0 Å². The molecule has 2 rings (SSSR count). The summed E-state index contributed by atoms with van der Waals surface area (Å²) in [6.07, 6.45) is 0. The van der Waals surface area contributed by atoms with Crippen LogP contribution in [0.1, 0.15) is 42.8 Å². The Bertz CT molecular complexity index is 583. The highest BCUT2D eigenvalue weighted by Crippen LogP contribution is 2.25. The van der Waals surface area contributed by atoms with Crippen molar-refractivity contribution in [3.63, 3.8) is 0 Å². The fourth-order valence-electron chi connectivity index (χ4n) is 1.53. The molecule has 0 bridgehead atoms. The molecule has 1 atom stereocenters. The van der Waals surface area contributed by atoms with Gasteiger partial charge in [-0.15, -0.1) is 11.3 Å². The lowest BCUT2D eigenvalue weighted by atomic mass is 10.1. The Morgan fingerprint density at radius 3 is 2.22 bits per heavy atom. The Hall–Kier alpha value is -1.83. The number of nitrogens with two attached hydrogens (primary N) is 2. The van der Waals surface area contributed by atoms with Crippen LogP contribution >= 0.6 is 11.3 Å². The first kappa shape index (κ1) is 21.2. The van der Waals surface area contributed by atoms with Crippen LogP contribution in [0.15, 0.2) is 46.9 Å². The predicted molar refractivity (Wildman–Crippen MR) is 98.0 cm³/mol. The largest absolute Gasteiger partial charge is 0.409 e. The van der Waals surface area contributed by atoms with Crippen LogP contribution in [0.4, 0.5) is 0 Å². The molecule has 2 aromatic rings. The summed E-state index contributed by atoms with van der Waals surface area (Å²) in [6.45, 7) is 6.50. The topological polar surface area (TPSA) is 102 Å². The molecular weight excluding hydrogens is 330 g/mol. The molecule has 126 valence electrons. The van der Waals surface area contributed by atoms with E-state index in [2.05, 4.69) is 38.5 Å². The van der Waals surface area contributed by atoms with Gasteiger partial charge in [-0.3, -0.25) is 0 Å². The molecule has 0 amide bonds. The second kappa shape index (κ2) is 11.7. The molecule has 5 nitrogen and oxygen atoms in total. The van der Waals surface area contributed by atoms with Crippen LogP contribution in [0.3, 0.4) is 0 Å². The number of nitrogens with zero attached hydrogens (tertiary/aromatic N) is 1. The van der Waals surface area contributed by atoms with Crippen LogP contribution in [0.5, 0.6) is 0 Å². The highest BCUT2D eigenvalue weighted by Gasteiger charge is 2.12. The summed E-state index contributed by atoms with van der Waals surface area (Å²) in [4.78, 5) is 0.984. The number of thiophene rings is 1. The molecule has 5 N–H and O–H groups in total. The van der Waals surface area contributed by atoms with Gasteiger partial charge in [-0.2, -0.15) is 4.21 Å².